The van der Waals surface area contributed by atoms with E-state index < -0.39 is 12.0 Å². The van der Waals surface area contributed by atoms with Gasteiger partial charge in [0.05, 0.1) is 19.5 Å². The fourth-order valence-electron chi connectivity index (χ4n) is 3.37. The summed E-state index contributed by atoms with van der Waals surface area (Å²) < 4.78 is 45.9. The van der Waals surface area contributed by atoms with Crippen LogP contribution < -0.4 is 0 Å². The maximum atomic E-state index is 13.0. The number of halogens is 3. The van der Waals surface area contributed by atoms with Crippen LogP contribution in [0.2, 0.25) is 0 Å². The SMILES string of the molecule is FC(F)(F)c1n[nH]c(-c2nc3ncc(CN4CCOCC4)cn3c2-c2c[nH]cn2)n1. The Morgan fingerprint density at radius 3 is 2.67 bits per heavy atom. The van der Waals surface area contributed by atoms with E-state index in [9.17, 15) is 13.2 Å². The van der Waals surface area contributed by atoms with Crippen molar-refractivity contribution < 1.29 is 17.9 Å². The van der Waals surface area contributed by atoms with Gasteiger partial charge in [-0.05, 0) is 0 Å². The normalized spacial score (nSPS) is 15.8. The average molecular weight is 419 g/mol. The monoisotopic (exact) mass is 419 g/mol. The number of H-pyrrole nitrogens is 2. The number of nitrogens with one attached hydrogen (secondary N) is 2. The summed E-state index contributed by atoms with van der Waals surface area (Å²) in [5, 5.41) is 5.60. The maximum Gasteiger partial charge on any atom is 0.453 e. The van der Waals surface area contributed by atoms with Gasteiger partial charge in [0.15, 0.2) is 5.82 Å². The molecular formula is C17H16F3N9O. The molecule has 0 atom stereocenters. The predicted molar refractivity (Wildman–Crippen MR) is 97.0 cm³/mol. The number of rotatable bonds is 4. The molecule has 1 aliphatic rings. The Balaban J connectivity index is 1.60. The molecule has 0 spiro atoms. The molecule has 2 N–H and O–H groups in total. The van der Waals surface area contributed by atoms with E-state index in [1.807, 2.05) is 6.20 Å². The molecule has 13 heteroatoms. The third-order valence-electron chi connectivity index (χ3n) is 4.75. The van der Waals surface area contributed by atoms with Crippen LogP contribution in [-0.4, -0.2) is 70.7 Å². The Labute approximate surface area is 167 Å². The lowest BCUT2D eigenvalue weighted by Gasteiger charge is -2.26. The van der Waals surface area contributed by atoms with Crippen molar-refractivity contribution in [1.82, 2.24) is 44.4 Å². The van der Waals surface area contributed by atoms with Crippen LogP contribution in [0, 0.1) is 0 Å². The van der Waals surface area contributed by atoms with Crippen LogP contribution in [0.1, 0.15) is 11.4 Å². The quantitative estimate of drug-likeness (QED) is 0.518. The number of hydrogen-bond acceptors (Lipinski definition) is 7. The summed E-state index contributed by atoms with van der Waals surface area (Å²) in [5.41, 5.74) is 2.07. The van der Waals surface area contributed by atoms with Crippen molar-refractivity contribution in [2.45, 2.75) is 12.7 Å². The minimum atomic E-state index is -4.66. The summed E-state index contributed by atoms with van der Waals surface area (Å²) in [5.74, 6) is -1.05. The summed E-state index contributed by atoms with van der Waals surface area (Å²) in [6, 6.07) is 0. The van der Waals surface area contributed by atoms with E-state index in [4.69, 9.17) is 4.74 Å². The van der Waals surface area contributed by atoms with Crippen molar-refractivity contribution in [1.29, 1.82) is 0 Å². The first-order valence-corrected chi connectivity index (χ1v) is 9.15. The van der Waals surface area contributed by atoms with Crippen molar-refractivity contribution in [2.24, 2.45) is 0 Å². The Hall–Kier alpha value is -3.32. The first-order chi connectivity index (χ1) is 14.5. The van der Waals surface area contributed by atoms with Crippen molar-refractivity contribution in [2.75, 3.05) is 26.3 Å². The Morgan fingerprint density at radius 1 is 1.13 bits per heavy atom. The Morgan fingerprint density at radius 2 is 1.97 bits per heavy atom. The lowest BCUT2D eigenvalue weighted by atomic mass is 10.2. The molecule has 30 heavy (non-hydrogen) atoms. The molecule has 0 saturated carbocycles. The van der Waals surface area contributed by atoms with E-state index in [0.717, 1.165) is 18.7 Å². The lowest BCUT2D eigenvalue weighted by molar-refractivity contribution is -0.144. The molecule has 0 amide bonds. The summed E-state index contributed by atoms with van der Waals surface area (Å²) >= 11 is 0. The molecule has 5 rings (SSSR count). The van der Waals surface area contributed by atoms with Crippen molar-refractivity contribution in [3.63, 3.8) is 0 Å². The Kier molecular flexibility index (Phi) is 4.47. The van der Waals surface area contributed by atoms with Crippen molar-refractivity contribution in [3.8, 4) is 22.9 Å². The number of alkyl halides is 3. The number of nitrogens with zero attached hydrogens (tertiary/aromatic N) is 7. The van der Waals surface area contributed by atoms with Crippen LogP contribution in [0.4, 0.5) is 13.2 Å². The highest BCUT2D eigenvalue weighted by molar-refractivity contribution is 5.76. The highest BCUT2D eigenvalue weighted by Gasteiger charge is 2.37. The topological polar surface area (TPSA) is 113 Å². The lowest BCUT2D eigenvalue weighted by Crippen LogP contribution is -2.35. The van der Waals surface area contributed by atoms with Gasteiger partial charge in [-0.25, -0.2) is 19.9 Å². The second kappa shape index (κ2) is 7.18. The number of imidazole rings is 2. The first kappa shape index (κ1) is 18.7. The molecule has 5 heterocycles. The van der Waals surface area contributed by atoms with Gasteiger partial charge in [-0.1, -0.05) is 0 Å². The van der Waals surface area contributed by atoms with Gasteiger partial charge in [0.1, 0.15) is 17.1 Å². The number of aromatic nitrogens is 8. The number of hydrogen-bond donors (Lipinski definition) is 2. The van der Waals surface area contributed by atoms with E-state index in [1.54, 1.807) is 16.8 Å². The van der Waals surface area contributed by atoms with E-state index in [1.165, 1.54) is 6.33 Å². The minimum absolute atomic E-state index is 0.111. The minimum Gasteiger partial charge on any atom is -0.379 e. The second-order valence-electron chi connectivity index (χ2n) is 6.79. The number of ether oxygens (including phenoxy) is 1. The third kappa shape index (κ3) is 3.41. The van der Waals surface area contributed by atoms with Crippen LogP contribution >= 0.6 is 0 Å². The number of morpholine rings is 1. The standard InChI is InChI=1S/C17H16F3N9O/c18-17(19,20)15-25-14(26-27-15)12-13(11-6-21-9-23-11)29-8-10(5-22-16(29)24-12)7-28-1-3-30-4-2-28/h5-6,8-9H,1-4,7H2,(H,21,23)(H,25,26,27). The molecule has 1 fully saturated rings. The fraction of sp³-hybridized carbons (Fsp3) is 0.353. The molecule has 0 radical (unpaired) electrons. The van der Waals surface area contributed by atoms with Gasteiger partial charge in [-0.15, -0.1) is 5.10 Å². The largest absolute Gasteiger partial charge is 0.453 e. The molecule has 0 bridgehead atoms. The molecular weight excluding hydrogens is 403 g/mol. The van der Waals surface area contributed by atoms with Gasteiger partial charge in [-0.2, -0.15) is 13.2 Å². The summed E-state index contributed by atoms with van der Waals surface area (Å²) in [4.78, 5) is 21.7. The van der Waals surface area contributed by atoms with Crippen LogP contribution in [-0.2, 0) is 17.5 Å². The highest BCUT2D eigenvalue weighted by Crippen LogP contribution is 2.32. The predicted octanol–water partition coefficient (Wildman–Crippen LogP) is 1.76. The molecule has 10 nitrogen and oxygen atoms in total. The van der Waals surface area contributed by atoms with E-state index in [-0.39, 0.29) is 11.5 Å². The fourth-order valence-corrected chi connectivity index (χ4v) is 3.37. The summed E-state index contributed by atoms with van der Waals surface area (Å²) in [6.07, 6.45) is 2.01. The van der Waals surface area contributed by atoms with Crippen LogP contribution in [0.15, 0.2) is 24.9 Å². The smallest absolute Gasteiger partial charge is 0.379 e. The Bertz CT molecular complexity index is 1160. The van der Waals surface area contributed by atoms with Crippen LogP contribution in [0.5, 0.6) is 0 Å². The van der Waals surface area contributed by atoms with Gasteiger partial charge < -0.3 is 9.72 Å². The van der Waals surface area contributed by atoms with Gasteiger partial charge >= 0.3 is 6.18 Å². The summed E-state index contributed by atoms with van der Waals surface area (Å²) in [6.45, 7) is 3.66. The van der Waals surface area contributed by atoms with Gasteiger partial charge in [0.25, 0.3) is 5.82 Å². The second-order valence-corrected chi connectivity index (χ2v) is 6.79. The number of fused-ring (bicyclic) bond motifs is 1. The summed E-state index contributed by atoms with van der Waals surface area (Å²) in [7, 11) is 0. The van der Waals surface area contributed by atoms with Gasteiger partial charge in [0, 0.05) is 43.8 Å². The van der Waals surface area contributed by atoms with Gasteiger partial charge in [0.2, 0.25) is 5.78 Å². The van der Waals surface area contributed by atoms with Gasteiger partial charge in [-0.3, -0.25) is 14.4 Å². The highest BCUT2D eigenvalue weighted by atomic mass is 19.4. The van der Waals surface area contributed by atoms with Crippen LogP contribution in [0.25, 0.3) is 28.7 Å². The van der Waals surface area contributed by atoms with Crippen molar-refractivity contribution >= 4 is 5.78 Å². The maximum absolute atomic E-state index is 13.0. The molecule has 0 aromatic carbocycles. The third-order valence-corrected chi connectivity index (χ3v) is 4.75. The molecule has 1 saturated heterocycles. The number of aromatic amines is 2. The van der Waals surface area contributed by atoms with E-state index in [0.29, 0.717) is 36.9 Å². The zero-order valence-corrected chi connectivity index (χ0v) is 15.5. The molecule has 0 unspecified atom stereocenters. The zero-order chi connectivity index (χ0) is 20.7. The first-order valence-electron chi connectivity index (χ1n) is 9.15. The van der Waals surface area contributed by atoms with E-state index >= 15 is 0 Å². The van der Waals surface area contributed by atoms with E-state index in [2.05, 4.69) is 40.0 Å². The molecule has 156 valence electrons. The van der Waals surface area contributed by atoms with Crippen LogP contribution in [0.3, 0.4) is 0 Å². The average Bonchev–Trinajstić information content (AvgIpc) is 3.46. The molecule has 0 aliphatic carbocycles. The molecule has 4 aromatic rings. The zero-order valence-electron chi connectivity index (χ0n) is 15.5. The van der Waals surface area contributed by atoms with Crippen molar-refractivity contribution in [3.05, 3.63) is 36.3 Å². The molecule has 1 aliphatic heterocycles. The molecule has 4 aromatic heterocycles.